The van der Waals surface area contributed by atoms with E-state index in [4.69, 9.17) is 10.5 Å². The Bertz CT molecular complexity index is 563. The first-order valence-electron chi connectivity index (χ1n) is 6.56. The number of rotatable bonds is 4. The van der Waals surface area contributed by atoms with E-state index in [1.807, 2.05) is 18.2 Å². The highest BCUT2D eigenvalue weighted by atomic mass is 16.5. The van der Waals surface area contributed by atoms with E-state index in [2.05, 4.69) is 38.1 Å². The van der Waals surface area contributed by atoms with Crippen LogP contribution in [0, 0.1) is 13.8 Å². The van der Waals surface area contributed by atoms with Crippen LogP contribution in [-0.2, 0) is 6.42 Å². The number of aryl methyl sites for hydroxylation is 2. The van der Waals surface area contributed by atoms with Crippen LogP contribution < -0.4 is 10.5 Å². The van der Waals surface area contributed by atoms with Crippen molar-refractivity contribution in [3.8, 4) is 5.75 Å². The lowest BCUT2D eigenvalue weighted by Crippen LogP contribution is -2.14. The summed E-state index contributed by atoms with van der Waals surface area (Å²) in [6, 6.07) is 14.5. The molecule has 100 valence electrons. The largest absolute Gasteiger partial charge is 0.496 e. The Hall–Kier alpha value is -1.80. The quantitative estimate of drug-likeness (QED) is 0.906. The Balaban J connectivity index is 2.20. The maximum Gasteiger partial charge on any atom is 0.122 e. The van der Waals surface area contributed by atoms with Crippen LogP contribution in [0.2, 0.25) is 0 Å². The number of methoxy groups -OCH3 is 1. The number of hydrogen-bond donors (Lipinski definition) is 1. The van der Waals surface area contributed by atoms with Crippen LogP contribution in [0.3, 0.4) is 0 Å². The molecule has 1 atom stereocenters. The van der Waals surface area contributed by atoms with E-state index in [0.29, 0.717) is 0 Å². The maximum absolute atomic E-state index is 6.31. The van der Waals surface area contributed by atoms with Gasteiger partial charge in [-0.2, -0.15) is 0 Å². The Morgan fingerprint density at radius 3 is 2.47 bits per heavy atom. The van der Waals surface area contributed by atoms with Crippen molar-refractivity contribution in [3.05, 3.63) is 64.7 Å². The summed E-state index contributed by atoms with van der Waals surface area (Å²) in [5.41, 5.74) is 11.2. The van der Waals surface area contributed by atoms with Gasteiger partial charge in [0.15, 0.2) is 0 Å². The van der Waals surface area contributed by atoms with Gasteiger partial charge in [0.1, 0.15) is 5.75 Å². The minimum atomic E-state index is -0.00407. The number of para-hydroxylation sites is 1. The minimum Gasteiger partial charge on any atom is -0.496 e. The third-order valence-corrected chi connectivity index (χ3v) is 3.59. The van der Waals surface area contributed by atoms with Crippen LogP contribution in [0.5, 0.6) is 5.75 Å². The molecule has 0 saturated heterocycles. The molecule has 1 unspecified atom stereocenters. The molecule has 0 saturated carbocycles. The highest BCUT2D eigenvalue weighted by molar-refractivity contribution is 5.37. The van der Waals surface area contributed by atoms with E-state index in [-0.39, 0.29) is 6.04 Å². The van der Waals surface area contributed by atoms with Gasteiger partial charge in [-0.1, -0.05) is 36.4 Å². The van der Waals surface area contributed by atoms with Crippen LogP contribution in [0.25, 0.3) is 0 Å². The summed E-state index contributed by atoms with van der Waals surface area (Å²) in [5.74, 6) is 0.904. The first kappa shape index (κ1) is 13.6. The molecular formula is C17H21NO. The molecule has 2 N–H and O–H groups in total. The van der Waals surface area contributed by atoms with Crippen LogP contribution in [-0.4, -0.2) is 7.11 Å². The molecule has 0 amide bonds. The zero-order valence-electron chi connectivity index (χ0n) is 11.8. The van der Waals surface area contributed by atoms with Crippen molar-refractivity contribution < 1.29 is 4.74 Å². The van der Waals surface area contributed by atoms with Crippen LogP contribution >= 0.6 is 0 Å². The van der Waals surface area contributed by atoms with Crippen LogP contribution in [0.15, 0.2) is 42.5 Å². The monoisotopic (exact) mass is 255 g/mol. The third kappa shape index (κ3) is 3.15. The Kier molecular flexibility index (Phi) is 4.23. The fourth-order valence-electron chi connectivity index (χ4n) is 2.22. The van der Waals surface area contributed by atoms with Gasteiger partial charge in [-0.3, -0.25) is 0 Å². The first-order valence-corrected chi connectivity index (χ1v) is 6.56. The fourth-order valence-corrected chi connectivity index (χ4v) is 2.22. The smallest absolute Gasteiger partial charge is 0.122 e. The molecule has 2 rings (SSSR count). The maximum atomic E-state index is 6.31. The lowest BCUT2D eigenvalue weighted by Gasteiger charge is -2.15. The zero-order chi connectivity index (χ0) is 13.8. The molecule has 2 heteroatoms. The molecular weight excluding hydrogens is 234 g/mol. The van der Waals surface area contributed by atoms with Gasteiger partial charge in [0.25, 0.3) is 0 Å². The van der Waals surface area contributed by atoms with E-state index in [1.54, 1.807) is 7.11 Å². The summed E-state index contributed by atoms with van der Waals surface area (Å²) in [7, 11) is 1.69. The Morgan fingerprint density at radius 2 is 1.79 bits per heavy atom. The molecule has 0 aromatic heterocycles. The SMILES string of the molecule is COc1ccccc1CC(N)c1ccc(C)c(C)c1. The van der Waals surface area contributed by atoms with Gasteiger partial charge < -0.3 is 10.5 Å². The van der Waals surface area contributed by atoms with Gasteiger partial charge in [0.2, 0.25) is 0 Å². The van der Waals surface area contributed by atoms with Crippen molar-refractivity contribution in [2.24, 2.45) is 5.73 Å². The summed E-state index contributed by atoms with van der Waals surface area (Å²) < 4.78 is 5.37. The second-order valence-corrected chi connectivity index (χ2v) is 4.97. The van der Waals surface area contributed by atoms with E-state index in [1.165, 1.54) is 16.7 Å². The summed E-state index contributed by atoms with van der Waals surface area (Å²) in [5, 5.41) is 0. The molecule has 0 aliphatic heterocycles. The van der Waals surface area contributed by atoms with E-state index in [0.717, 1.165) is 17.7 Å². The lowest BCUT2D eigenvalue weighted by molar-refractivity contribution is 0.408. The van der Waals surface area contributed by atoms with Gasteiger partial charge in [-0.05, 0) is 48.6 Å². The van der Waals surface area contributed by atoms with E-state index < -0.39 is 0 Å². The van der Waals surface area contributed by atoms with Crippen LogP contribution in [0.4, 0.5) is 0 Å². The number of ether oxygens (including phenoxy) is 1. The molecule has 0 aliphatic rings. The van der Waals surface area contributed by atoms with Gasteiger partial charge in [-0.25, -0.2) is 0 Å². The summed E-state index contributed by atoms with van der Waals surface area (Å²) in [4.78, 5) is 0. The van der Waals surface area contributed by atoms with Crippen molar-refractivity contribution in [2.45, 2.75) is 26.3 Å². The average Bonchev–Trinajstić information content (AvgIpc) is 2.42. The molecule has 2 nitrogen and oxygen atoms in total. The normalized spacial score (nSPS) is 12.2. The van der Waals surface area contributed by atoms with Crippen molar-refractivity contribution in [2.75, 3.05) is 7.11 Å². The predicted octanol–water partition coefficient (Wildman–Crippen LogP) is 3.55. The standard InChI is InChI=1S/C17H21NO/c1-12-8-9-14(10-13(12)2)16(18)11-15-6-4-5-7-17(15)19-3/h4-10,16H,11,18H2,1-3H3. The molecule has 0 spiro atoms. The molecule has 0 bridgehead atoms. The van der Waals surface area contributed by atoms with Crippen molar-refractivity contribution >= 4 is 0 Å². The number of hydrogen-bond acceptors (Lipinski definition) is 2. The van der Waals surface area contributed by atoms with Gasteiger partial charge in [-0.15, -0.1) is 0 Å². The molecule has 2 aromatic rings. The van der Waals surface area contributed by atoms with Gasteiger partial charge in [0.05, 0.1) is 7.11 Å². The van der Waals surface area contributed by atoms with Crippen LogP contribution in [0.1, 0.15) is 28.3 Å². The topological polar surface area (TPSA) is 35.2 Å². The summed E-state index contributed by atoms with van der Waals surface area (Å²) in [6.07, 6.45) is 0.784. The molecule has 2 aromatic carbocycles. The minimum absolute atomic E-state index is 0.00407. The highest BCUT2D eigenvalue weighted by Crippen LogP contribution is 2.24. The molecule has 0 radical (unpaired) electrons. The number of benzene rings is 2. The van der Waals surface area contributed by atoms with Crippen molar-refractivity contribution in [1.82, 2.24) is 0 Å². The van der Waals surface area contributed by atoms with Gasteiger partial charge >= 0.3 is 0 Å². The Morgan fingerprint density at radius 1 is 1.05 bits per heavy atom. The molecule has 19 heavy (non-hydrogen) atoms. The molecule has 0 fully saturated rings. The Labute approximate surface area is 115 Å². The van der Waals surface area contributed by atoms with Crippen molar-refractivity contribution in [3.63, 3.8) is 0 Å². The lowest BCUT2D eigenvalue weighted by atomic mass is 9.96. The summed E-state index contributed by atoms with van der Waals surface area (Å²) >= 11 is 0. The second-order valence-electron chi connectivity index (χ2n) is 4.97. The first-order chi connectivity index (χ1) is 9.11. The van der Waals surface area contributed by atoms with E-state index >= 15 is 0 Å². The predicted molar refractivity (Wildman–Crippen MR) is 79.5 cm³/mol. The fraction of sp³-hybridized carbons (Fsp3) is 0.294. The van der Waals surface area contributed by atoms with Gasteiger partial charge in [0, 0.05) is 6.04 Å². The molecule has 0 aliphatic carbocycles. The van der Waals surface area contributed by atoms with Crippen molar-refractivity contribution in [1.29, 1.82) is 0 Å². The zero-order valence-corrected chi connectivity index (χ0v) is 11.8. The van der Waals surface area contributed by atoms with E-state index in [9.17, 15) is 0 Å². The number of nitrogens with two attached hydrogens (primary N) is 1. The highest BCUT2D eigenvalue weighted by Gasteiger charge is 2.11. The summed E-state index contributed by atoms with van der Waals surface area (Å²) in [6.45, 7) is 4.24. The molecule has 0 heterocycles. The second kappa shape index (κ2) is 5.89. The third-order valence-electron chi connectivity index (χ3n) is 3.59. The average molecular weight is 255 g/mol.